The largest absolute Gasteiger partial charge is 0.367 e. The maximum absolute atomic E-state index is 13.6. The molecule has 1 saturated carbocycles. The third kappa shape index (κ3) is 5.45. The summed E-state index contributed by atoms with van der Waals surface area (Å²) in [5, 5.41) is 16.0. The van der Waals surface area contributed by atoms with Crippen LogP contribution in [0.25, 0.3) is 0 Å². The van der Waals surface area contributed by atoms with Crippen molar-refractivity contribution in [3.63, 3.8) is 0 Å². The predicted molar refractivity (Wildman–Crippen MR) is 140 cm³/mol. The molecular weight excluding hydrogens is 546 g/mol. The van der Waals surface area contributed by atoms with Gasteiger partial charge in [0.25, 0.3) is 11.8 Å². The molecule has 1 fully saturated rings. The van der Waals surface area contributed by atoms with Gasteiger partial charge >= 0.3 is 6.11 Å². The number of fused-ring (bicyclic) bond motifs is 1. The number of amides is 2. The summed E-state index contributed by atoms with van der Waals surface area (Å²) < 4.78 is 57.2. The number of halogens is 2. The number of rotatable bonds is 11. The summed E-state index contributed by atoms with van der Waals surface area (Å²) >= 11 is 0. The lowest BCUT2D eigenvalue weighted by Crippen LogP contribution is -2.52. The Kier molecular flexibility index (Phi) is 7.78. The third-order valence-corrected chi connectivity index (χ3v) is 10.7. The van der Waals surface area contributed by atoms with E-state index < -0.39 is 50.4 Å². The van der Waals surface area contributed by atoms with Gasteiger partial charge in [0, 0.05) is 32.2 Å². The van der Waals surface area contributed by atoms with Crippen molar-refractivity contribution >= 4 is 21.7 Å². The van der Waals surface area contributed by atoms with E-state index in [1.54, 1.807) is 31.3 Å². The van der Waals surface area contributed by atoms with Crippen molar-refractivity contribution in [1.82, 2.24) is 20.0 Å². The Morgan fingerprint density at radius 1 is 1.27 bits per heavy atom. The first kappa shape index (κ1) is 29.6. The molecule has 2 heterocycles. The zero-order chi connectivity index (χ0) is 29.5. The summed E-state index contributed by atoms with van der Waals surface area (Å²) in [7, 11) is -2.47. The van der Waals surface area contributed by atoms with Crippen molar-refractivity contribution < 1.29 is 31.5 Å². The summed E-state index contributed by atoms with van der Waals surface area (Å²) in [5.41, 5.74) is 7.08. The Labute approximate surface area is 231 Å². The van der Waals surface area contributed by atoms with E-state index in [0.717, 1.165) is 5.56 Å². The van der Waals surface area contributed by atoms with E-state index in [-0.39, 0.29) is 43.9 Å². The molecule has 3 N–H and O–H groups in total. The first-order valence-electron chi connectivity index (χ1n) is 12.8. The number of carbonyl (C=O) groups excluding carboxylic acids is 2. The minimum atomic E-state index is -4.01. The number of carbonyl (C=O) groups is 2. The van der Waals surface area contributed by atoms with Gasteiger partial charge in [-0.3, -0.25) is 14.3 Å². The summed E-state index contributed by atoms with van der Waals surface area (Å²) in [5.74, 6) is -0.910. The van der Waals surface area contributed by atoms with Crippen LogP contribution < -0.4 is 11.1 Å². The van der Waals surface area contributed by atoms with Crippen LogP contribution in [0.1, 0.15) is 64.4 Å². The molecule has 0 unspecified atom stereocenters. The SMILES string of the molecule is Cn1nc(C(=O)NCc2ccc(C#N)cc2)c2c1C(=O)N(CC1(S(=O)(=O)C(C)(C)COC(F)(F)CN)CC1)CC2. The predicted octanol–water partition coefficient (Wildman–Crippen LogP) is 1.51. The zero-order valence-electron chi connectivity index (χ0n) is 22.5. The summed E-state index contributed by atoms with van der Waals surface area (Å²) in [6.07, 6.45) is -2.78. The van der Waals surface area contributed by atoms with Crippen molar-refractivity contribution in [2.75, 3.05) is 26.2 Å². The molecule has 2 amide bonds. The molecule has 0 bridgehead atoms. The van der Waals surface area contributed by atoms with Gasteiger partial charge in [0.05, 0.1) is 34.3 Å². The summed E-state index contributed by atoms with van der Waals surface area (Å²) in [4.78, 5) is 27.8. The number of nitriles is 1. The number of hydrogen-bond acceptors (Lipinski definition) is 8. The monoisotopic (exact) mass is 578 g/mol. The Morgan fingerprint density at radius 3 is 2.50 bits per heavy atom. The van der Waals surface area contributed by atoms with E-state index in [1.807, 2.05) is 6.07 Å². The van der Waals surface area contributed by atoms with Crippen LogP contribution in [0.2, 0.25) is 0 Å². The second-order valence-electron chi connectivity index (χ2n) is 10.8. The molecule has 1 aliphatic heterocycles. The van der Waals surface area contributed by atoms with E-state index in [0.29, 0.717) is 17.5 Å². The molecule has 11 nitrogen and oxygen atoms in total. The van der Waals surface area contributed by atoms with E-state index in [9.17, 15) is 26.8 Å². The van der Waals surface area contributed by atoms with Crippen LogP contribution in [-0.2, 0) is 34.6 Å². The van der Waals surface area contributed by atoms with Crippen LogP contribution in [0.3, 0.4) is 0 Å². The maximum Gasteiger partial charge on any atom is 0.367 e. The van der Waals surface area contributed by atoms with Crippen LogP contribution in [0, 0.1) is 11.3 Å². The average molecular weight is 579 g/mol. The molecule has 0 saturated heterocycles. The fraction of sp³-hybridized carbons (Fsp3) is 0.538. The summed E-state index contributed by atoms with van der Waals surface area (Å²) in [6.45, 7) is 1.11. The fourth-order valence-electron chi connectivity index (χ4n) is 4.87. The average Bonchev–Trinajstić information content (AvgIpc) is 3.64. The van der Waals surface area contributed by atoms with Gasteiger partial charge in [-0.25, -0.2) is 8.42 Å². The van der Waals surface area contributed by atoms with Gasteiger partial charge in [0.2, 0.25) is 0 Å². The van der Waals surface area contributed by atoms with Crippen molar-refractivity contribution in [2.45, 2.75) is 55.3 Å². The van der Waals surface area contributed by atoms with Gasteiger partial charge in [-0.15, -0.1) is 0 Å². The number of nitrogens with zero attached hydrogens (tertiary/aromatic N) is 4. The molecule has 0 atom stereocenters. The molecule has 40 heavy (non-hydrogen) atoms. The lowest BCUT2D eigenvalue weighted by atomic mass is 10.0. The van der Waals surface area contributed by atoms with Gasteiger partial charge in [-0.2, -0.15) is 19.1 Å². The summed E-state index contributed by atoms with van der Waals surface area (Å²) in [6, 6.07) is 8.78. The van der Waals surface area contributed by atoms with Gasteiger partial charge < -0.3 is 20.7 Å². The molecule has 1 aromatic heterocycles. The number of sulfone groups is 1. The van der Waals surface area contributed by atoms with Crippen LogP contribution in [-0.4, -0.2) is 76.8 Å². The van der Waals surface area contributed by atoms with Crippen molar-refractivity contribution in [1.29, 1.82) is 5.26 Å². The molecule has 2 aromatic rings. The standard InChI is InChI=1S/C26H32F2N6O5S/c1-24(2,16-39-26(27,28)14-30)40(37,38)25(9-10-25)15-34-11-8-19-20(32-33(3)21(19)23(34)36)22(35)31-13-18-6-4-17(12-29)5-7-18/h4-7H,8-11,13-16,30H2,1-3H3,(H,31,35). The van der Waals surface area contributed by atoms with E-state index >= 15 is 0 Å². The van der Waals surface area contributed by atoms with Crippen LogP contribution in [0.15, 0.2) is 24.3 Å². The molecule has 1 aromatic carbocycles. The Bertz CT molecular complexity index is 1460. The Balaban J connectivity index is 1.47. The number of hydrogen-bond donors (Lipinski definition) is 2. The number of aryl methyl sites for hydroxylation is 1. The van der Waals surface area contributed by atoms with Gasteiger partial charge in [0.1, 0.15) is 5.69 Å². The first-order valence-corrected chi connectivity index (χ1v) is 14.2. The van der Waals surface area contributed by atoms with E-state index in [4.69, 9.17) is 11.0 Å². The molecule has 4 rings (SSSR count). The zero-order valence-corrected chi connectivity index (χ0v) is 23.4. The lowest BCUT2D eigenvalue weighted by molar-refractivity contribution is -0.232. The van der Waals surface area contributed by atoms with Gasteiger partial charge in [0.15, 0.2) is 15.5 Å². The molecule has 2 aliphatic rings. The molecule has 14 heteroatoms. The van der Waals surface area contributed by atoms with Crippen molar-refractivity contribution in [3.8, 4) is 6.07 Å². The van der Waals surface area contributed by atoms with Gasteiger partial charge in [-0.05, 0) is 50.8 Å². The number of nitrogens with one attached hydrogen (secondary N) is 1. The van der Waals surface area contributed by atoms with Crippen molar-refractivity contribution in [2.24, 2.45) is 12.8 Å². The van der Waals surface area contributed by atoms with Crippen LogP contribution in [0.4, 0.5) is 8.78 Å². The van der Waals surface area contributed by atoms with E-state index in [1.165, 1.54) is 23.4 Å². The van der Waals surface area contributed by atoms with Crippen LogP contribution >= 0.6 is 0 Å². The minimum absolute atomic E-state index is 0.101. The first-order chi connectivity index (χ1) is 18.7. The fourth-order valence-corrected chi connectivity index (χ4v) is 7.22. The molecular formula is C26H32F2N6O5S. The molecule has 216 valence electrons. The van der Waals surface area contributed by atoms with E-state index in [2.05, 4.69) is 15.2 Å². The highest BCUT2D eigenvalue weighted by Crippen LogP contribution is 2.49. The lowest BCUT2D eigenvalue weighted by Gasteiger charge is -2.35. The second kappa shape index (κ2) is 10.5. The quantitative estimate of drug-likeness (QED) is 0.406. The Hall–Kier alpha value is -3.41. The topological polar surface area (TPSA) is 160 Å². The number of alkyl halides is 2. The maximum atomic E-state index is 13.6. The highest BCUT2D eigenvalue weighted by molar-refractivity contribution is 7.94. The molecule has 1 aliphatic carbocycles. The number of benzene rings is 1. The van der Waals surface area contributed by atoms with Crippen LogP contribution in [0.5, 0.6) is 0 Å². The highest BCUT2D eigenvalue weighted by atomic mass is 32.2. The van der Waals surface area contributed by atoms with Crippen molar-refractivity contribution in [3.05, 3.63) is 52.3 Å². The number of ether oxygens (including phenoxy) is 1. The second-order valence-corrected chi connectivity index (χ2v) is 13.8. The normalized spacial score (nSPS) is 16.8. The molecule has 0 radical (unpaired) electrons. The highest BCUT2D eigenvalue weighted by Gasteiger charge is 2.61. The Morgan fingerprint density at radius 2 is 1.93 bits per heavy atom. The smallest absolute Gasteiger partial charge is 0.347 e. The minimum Gasteiger partial charge on any atom is -0.347 e. The molecule has 0 spiro atoms. The number of nitrogens with two attached hydrogens (primary N) is 1. The number of aromatic nitrogens is 2. The third-order valence-electron chi connectivity index (χ3n) is 7.47. The van der Waals surface area contributed by atoms with Gasteiger partial charge in [-0.1, -0.05) is 12.1 Å².